The van der Waals surface area contributed by atoms with Crippen LogP contribution in [0.5, 0.6) is 0 Å². The number of amides is 1. The normalized spacial score (nSPS) is 25.4. The molecule has 1 atom stereocenters. The van der Waals surface area contributed by atoms with E-state index in [1.807, 2.05) is 34.6 Å². The molecule has 2 N–H and O–H groups in total. The van der Waals surface area contributed by atoms with Crippen molar-refractivity contribution >= 4 is 6.09 Å². The number of carbonyl (C=O) groups is 1. The Labute approximate surface area is 98.1 Å². The van der Waals surface area contributed by atoms with Gasteiger partial charge in [0.05, 0.1) is 0 Å². The summed E-state index contributed by atoms with van der Waals surface area (Å²) in [5.74, 6) is 0. The molecular weight excluding hydrogens is 204 g/mol. The van der Waals surface area contributed by atoms with Crippen LogP contribution >= 0.6 is 0 Å². The van der Waals surface area contributed by atoms with Crippen LogP contribution in [0.15, 0.2) is 0 Å². The highest BCUT2D eigenvalue weighted by atomic mass is 16.6. The van der Waals surface area contributed by atoms with Crippen molar-refractivity contribution < 1.29 is 9.53 Å². The van der Waals surface area contributed by atoms with Gasteiger partial charge in [-0.2, -0.15) is 0 Å². The molecule has 0 aromatic rings. The van der Waals surface area contributed by atoms with E-state index in [9.17, 15) is 4.79 Å². The molecule has 1 saturated heterocycles. The highest BCUT2D eigenvalue weighted by molar-refractivity contribution is 5.69. The number of piperidine rings is 1. The van der Waals surface area contributed by atoms with Gasteiger partial charge >= 0.3 is 6.09 Å². The Hall–Kier alpha value is -0.770. The predicted molar refractivity (Wildman–Crippen MR) is 64.2 cm³/mol. The summed E-state index contributed by atoms with van der Waals surface area (Å²) in [7, 11) is 0. The number of ether oxygens (including phenoxy) is 1. The summed E-state index contributed by atoms with van der Waals surface area (Å²) in [5.41, 5.74) is 5.28. The molecule has 0 radical (unpaired) electrons. The number of nitrogens with zero attached hydrogens (tertiary/aromatic N) is 1. The van der Waals surface area contributed by atoms with E-state index in [2.05, 4.69) is 0 Å². The van der Waals surface area contributed by atoms with Crippen molar-refractivity contribution in [1.29, 1.82) is 0 Å². The third-order valence-electron chi connectivity index (χ3n) is 2.83. The Bertz CT molecular complexity index is 269. The maximum Gasteiger partial charge on any atom is 0.410 e. The quantitative estimate of drug-likeness (QED) is 0.691. The Morgan fingerprint density at radius 3 is 2.44 bits per heavy atom. The third-order valence-corrected chi connectivity index (χ3v) is 2.83. The van der Waals surface area contributed by atoms with Crippen LogP contribution in [0.3, 0.4) is 0 Å². The number of rotatable bonds is 0. The summed E-state index contributed by atoms with van der Waals surface area (Å²) < 4.78 is 5.39. The second-order valence-electron chi connectivity index (χ2n) is 6.20. The Balaban J connectivity index is 2.69. The number of hydrogen-bond donors (Lipinski definition) is 1. The fraction of sp³-hybridized carbons (Fsp3) is 0.917. The van der Waals surface area contributed by atoms with E-state index in [4.69, 9.17) is 10.5 Å². The first-order valence-electron chi connectivity index (χ1n) is 5.88. The minimum absolute atomic E-state index is 0.189. The summed E-state index contributed by atoms with van der Waals surface area (Å²) in [5, 5.41) is 0. The highest BCUT2D eigenvalue weighted by Crippen LogP contribution is 2.28. The van der Waals surface area contributed by atoms with E-state index in [1.54, 1.807) is 4.90 Å². The third kappa shape index (κ3) is 3.37. The number of nitrogens with two attached hydrogens (primary N) is 1. The molecule has 94 valence electrons. The Kier molecular flexibility index (Phi) is 3.53. The zero-order chi connectivity index (χ0) is 12.6. The lowest BCUT2D eigenvalue weighted by atomic mass is 9.88. The van der Waals surface area contributed by atoms with E-state index >= 15 is 0 Å². The van der Waals surface area contributed by atoms with Gasteiger partial charge < -0.3 is 15.4 Å². The molecule has 4 heteroatoms. The van der Waals surface area contributed by atoms with Crippen LogP contribution in [0.25, 0.3) is 0 Å². The molecule has 1 rings (SSSR count). The van der Waals surface area contributed by atoms with Crippen LogP contribution in [0.2, 0.25) is 0 Å². The first kappa shape index (κ1) is 13.3. The lowest BCUT2D eigenvalue weighted by Crippen LogP contribution is -2.56. The van der Waals surface area contributed by atoms with Gasteiger partial charge in [-0.05, 0) is 47.5 Å². The topological polar surface area (TPSA) is 55.6 Å². The Morgan fingerprint density at radius 2 is 2.00 bits per heavy atom. The highest BCUT2D eigenvalue weighted by Gasteiger charge is 2.38. The molecule has 16 heavy (non-hydrogen) atoms. The average Bonchev–Trinajstić information content (AvgIpc) is 1.97. The minimum atomic E-state index is -0.438. The second kappa shape index (κ2) is 4.24. The first-order valence-corrected chi connectivity index (χ1v) is 5.88. The average molecular weight is 228 g/mol. The van der Waals surface area contributed by atoms with Crippen molar-refractivity contribution in [3.05, 3.63) is 0 Å². The van der Waals surface area contributed by atoms with Gasteiger partial charge in [0.25, 0.3) is 0 Å². The molecule has 1 aliphatic rings. The zero-order valence-corrected chi connectivity index (χ0v) is 11.0. The van der Waals surface area contributed by atoms with Crippen molar-refractivity contribution in [1.82, 2.24) is 4.90 Å². The predicted octanol–water partition coefficient (Wildman–Crippen LogP) is 2.12. The van der Waals surface area contributed by atoms with Gasteiger partial charge in [-0.25, -0.2) is 4.79 Å². The molecule has 0 saturated carbocycles. The zero-order valence-electron chi connectivity index (χ0n) is 11.0. The molecule has 0 aromatic carbocycles. The number of carbonyl (C=O) groups excluding carboxylic acids is 1. The fourth-order valence-corrected chi connectivity index (χ4v) is 2.11. The molecule has 0 aliphatic carbocycles. The number of likely N-dealkylation sites (tertiary alicyclic amines) is 1. The molecule has 0 spiro atoms. The monoisotopic (exact) mass is 228 g/mol. The van der Waals surface area contributed by atoms with Crippen molar-refractivity contribution in [3.63, 3.8) is 0 Å². The molecule has 0 bridgehead atoms. The summed E-state index contributed by atoms with van der Waals surface area (Å²) in [6, 6.07) is 0.189. The van der Waals surface area contributed by atoms with Crippen LogP contribution < -0.4 is 5.73 Å². The molecule has 1 fully saturated rings. The lowest BCUT2D eigenvalue weighted by Gasteiger charge is -2.44. The van der Waals surface area contributed by atoms with E-state index in [-0.39, 0.29) is 17.7 Å². The van der Waals surface area contributed by atoms with Gasteiger partial charge in [-0.1, -0.05) is 0 Å². The van der Waals surface area contributed by atoms with Crippen LogP contribution in [-0.4, -0.2) is 34.7 Å². The smallest absolute Gasteiger partial charge is 0.410 e. The van der Waals surface area contributed by atoms with Crippen LogP contribution in [0, 0.1) is 0 Å². The van der Waals surface area contributed by atoms with Crippen molar-refractivity contribution in [3.8, 4) is 0 Å². The van der Waals surface area contributed by atoms with E-state index < -0.39 is 5.60 Å². The summed E-state index contributed by atoms with van der Waals surface area (Å²) in [6.45, 7) is 10.4. The van der Waals surface area contributed by atoms with Crippen molar-refractivity contribution in [2.75, 3.05) is 6.54 Å². The minimum Gasteiger partial charge on any atom is -0.444 e. The van der Waals surface area contributed by atoms with E-state index in [0.717, 1.165) is 12.8 Å². The van der Waals surface area contributed by atoms with Gasteiger partial charge in [0, 0.05) is 18.1 Å². The molecule has 1 unspecified atom stereocenters. The molecule has 1 amide bonds. The molecule has 0 aromatic heterocycles. The van der Waals surface area contributed by atoms with Crippen LogP contribution in [0.4, 0.5) is 4.79 Å². The van der Waals surface area contributed by atoms with E-state index in [0.29, 0.717) is 6.54 Å². The van der Waals surface area contributed by atoms with E-state index in [1.165, 1.54) is 0 Å². The van der Waals surface area contributed by atoms with Crippen molar-refractivity contribution in [2.24, 2.45) is 5.73 Å². The van der Waals surface area contributed by atoms with Crippen LogP contribution in [-0.2, 0) is 4.74 Å². The SMILES string of the molecule is CC(C)(C)OC(=O)N1CCC(N)CC1(C)C. The standard InChI is InChI=1S/C12H24N2O2/c1-11(2,3)16-10(15)14-7-6-9(13)8-12(14,4)5/h9H,6-8,13H2,1-5H3. The maximum absolute atomic E-state index is 12.0. The lowest BCUT2D eigenvalue weighted by molar-refractivity contribution is -0.00880. The van der Waals surface area contributed by atoms with Gasteiger partial charge in [0.15, 0.2) is 0 Å². The first-order chi connectivity index (χ1) is 7.12. The molecular formula is C12H24N2O2. The summed E-state index contributed by atoms with van der Waals surface area (Å²) >= 11 is 0. The van der Waals surface area contributed by atoms with Crippen LogP contribution in [0.1, 0.15) is 47.5 Å². The molecule has 4 nitrogen and oxygen atoms in total. The maximum atomic E-state index is 12.0. The summed E-state index contributed by atoms with van der Waals surface area (Å²) in [6.07, 6.45) is 1.44. The Morgan fingerprint density at radius 1 is 1.44 bits per heavy atom. The van der Waals surface area contributed by atoms with Gasteiger partial charge in [-0.15, -0.1) is 0 Å². The number of hydrogen-bond acceptors (Lipinski definition) is 3. The molecule has 1 aliphatic heterocycles. The van der Waals surface area contributed by atoms with Gasteiger partial charge in [0.2, 0.25) is 0 Å². The van der Waals surface area contributed by atoms with Crippen molar-refractivity contribution in [2.45, 2.75) is 64.6 Å². The van der Waals surface area contributed by atoms with Gasteiger partial charge in [-0.3, -0.25) is 0 Å². The molecule has 1 heterocycles. The largest absolute Gasteiger partial charge is 0.444 e. The summed E-state index contributed by atoms with van der Waals surface area (Å²) in [4.78, 5) is 13.8. The van der Waals surface area contributed by atoms with Gasteiger partial charge in [0.1, 0.15) is 5.60 Å². The second-order valence-corrected chi connectivity index (χ2v) is 6.20. The fourth-order valence-electron chi connectivity index (χ4n) is 2.11.